The predicted octanol–water partition coefficient (Wildman–Crippen LogP) is 3.76. The van der Waals surface area contributed by atoms with Gasteiger partial charge in [-0.05, 0) is 43.4 Å². The normalized spacial score (nSPS) is 18.9. The lowest BCUT2D eigenvalue weighted by atomic mass is 10.0. The molecule has 2 aromatic rings. The van der Waals surface area contributed by atoms with Crippen molar-refractivity contribution in [3.63, 3.8) is 0 Å². The molecule has 0 spiro atoms. The SMILES string of the molecule is CN(c1ncccc1NC1CC1)C1CCN(Cc2ccccc2)CC1. The number of pyridine rings is 1. The second kappa shape index (κ2) is 7.44. The molecule has 2 heterocycles. The summed E-state index contributed by atoms with van der Waals surface area (Å²) in [4.78, 5) is 9.64. The van der Waals surface area contributed by atoms with Crippen LogP contribution in [0.4, 0.5) is 11.5 Å². The van der Waals surface area contributed by atoms with Crippen LogP contribution in [-0.4, -0.2) is 42.1 Å². The summed E-state index contributed by atoms with van der Waals surface area (Å²) in [7, 11) is 2.21. The second-order valence-corrected chi connectivity index (χ2v) is 7.40. The lowest BCUT2D eigenvalue weighted by Crippen LogP contribution is -2.43. The van der Waals surface area contributed by atoms with Gasteiger partial charge in [0, 0.05) is 45.0 Å². The number of nitrogens with one attached hydrogen (secondary N) is 1. The van der Waals surface area contributed by atoms with E-state index in [2.05, 4.69) is 63.5 Å². The third-order valence-corrected chi connectivity index (χ3v) is 5.41. The minimum absolute atomic E-state index is 0.571. The van der Waals surface area contributed by atoms with Crippen LogP contribution in [0.2, 0.25) is 0 Å². The number of nitrogens with zero attached hydrogens (tertiary/aromatic N) is 3. The van der Waals surface area contributed by atoms with E-state index in [4.69, 9.17) is 0 Å². The van der Waals surface area contributed by atoms with E-state index in [9.17, 15) is 0 Å². The van der Waals surface area contributed by atoms with Crippen LogP contribution in [0.3, 0.4) is 0 Å². The van der Waals surface area contributed by atoms with Crippen LogP contribution in [0.25, 0.3) is 0 Å². The fourth-order valence-corrected chi connectivity index (χ4v) is 3.72. The number of benzene rings is 1. The van der Waals surface area contributed by atoms with E-state index < -0.39 is 0 Å². The summed E-state index contributed by atoms with van der Waals surface area (Å²) in [6.07, 6.45) is 6.88. The highest BCUT2D eigenvalue weighted by atomic mass is 15.2. The van der Waals surface area contributed by atoms with E-state index in [1.807, 2.05) is 12.3 Å². The zero-order valence-corrected chi connectivity index (χ0v) is 15.1. The Labute approximate surface area is 150 Å². The molecular formula is C21H28N4. The third kappa shape index (κ3) is 4.13. The molecule has 1 N–H and O–H groups in total. The molecule has 1 aliphatic carbocycles. The number of hydrogen-bond acceptors (Lipinski definition) is 4. The molecule has 1 saturated carbocycles. The largest absolute Gasteiger partial charge is 0.379 e. The Hall–Kier alpha value is -2.07. The summed E-state index contributed by atoms with van der Waals surface area (Å²) >= 11 is 0. The van der Waals surface area contributed by atoms with E-state index in [1.165, 1.54) is 36.9 Å². The highest BCUT2D eigenvalue weighted by Gasteiger charge is 2.27. The van der Waals surface area contributed by atoms with E-state index in [1.54, 1.807) is 0 Å². The maximum Gasteiger partial charge on any atom is 0.151 e. The van der Waals surface area contributed by atoms with Crippen LogP contribution in [0.5, 0.6) is 0 Å². The molecule has 1 aromatic carbocycles. The van der Waals surface area contributed by atoms with Crippen molar-refractivity contribution in [2.75, 3.05) is 30.4 Å². The minimum atomic E-state index is 0.571. The fourth-order valence-electron chi connectivity index (χ4n) is 3.72. The van der Waals surface area contributed by atoms with Crippen LogP contribution in [0.15, 0.2) is 48.7 Å². The number of anilines is 2. The molecule has 1 saturated heterocycles. The molecule has 0 bridgehead atoms. The topological polar surface area (TPSA) is 31.4 Å². The Morgan fingerprint density at radius 3 is 2.52 bits per heavy atom. The Kier molecular flexibility index (Phi) is 4.88. The van der Waals surface area contributed by atoms with E-state index in [0.717, 1.165) is 25.5 Å². The Morgan fingerprint density at radius 2 is 1.80 bits per heavy atom. The van der Waals surface area contributed by atoms with Crippen molar-refractivity contribution in [2.45, 2.75) is 44.3 Å². The van der Waals surface area contributed by atoms with Gasteiger partial charge in [0.1, 0.15) is 0 Å². The van der Waals surface area contributed by atoms with Crippen molar-refractivity contribution in [1.29, 1.82) is 0 Å². The second-order valence-electron chi connectivity index (χ2n) is 7.40. The number of aromatic nitrogens is 1. The maximum absolute atomic E-state index is 4.67. The smallest absolute Gasteiger partial charge is 0.151 e. The standard InChI is InChI=1S/C21H28N4/c1-24(21-20(8-5-13-22-21)23-18-9-10-18)19-11-14-25(15-12-19)16-17-6-3-2-4-7-17/h2-8,13,18-19,23H,9-12,14-16H2,1H3. The number of hydrogen-bond donors (Lipinski definition) is 1. The fraction of sp³-hybridized carbons (Fsp3) is 0.476. The van der Waals surface area contributed by atoms with Gasteiger partial charge in [-0.2, -0.15) is 0 Å². The summed E-state index contributed by atoms with van der Waals surface area (Å²) in [5.41, 5.74) is 2.61. The minimum Gasteiger partial charge on any atom is -0.379 e. The van der Waals surface area contributed by atoms with Crippen LogP contribution >= 0.6 is 0 Å². The lowest BCUT2D eigenvalue weighted by Gasteiger charge is -2.38. The van der Waals surface area contributed by atoms with Crippen molar-refractivity contribution in [1.82, 2.24) is 9.88 Å². The van der Waals surface area contributed by atoms with Crippen LogP contribution in [0, 0.1) is 0 Å². The summed E-state index contributed by atoms with van der Waals surface area (Å²) in [5, 5.41) is 3.63. The summed E-state index contributed by atoms with van der Waals surface area (Å²) in [6, 6.07) is 16.2. The molecule has 4 nitrogen and oxygen atoms in total. The van der Waals surface area contributed by atoms with Gasteiger partial charge in [0.05, 0.1) is 5.69 Å². The number of rotatable bonds is 6. The van der Waals surface area contributed by atoms with Crippen LogP contribution in [-0.2, 0) is 6.54 Å². The Balaban J connectivity index is 1.36. The average Bonchev–Trinajstić information content (AvgIpc) is 3.47. The van der Waals surface area contributed by atoms with Crippen molar-refractivity contribution in [3.8, 4) is 0 Å². The quantitative estimate of drug-likeness (QED) is 0.870. The van der Waals surface area contributed by atoms with Gasteiger partial charge in [0.2, 0.25) is 0 Å². The summed E-state index contributed by atoms with van der Waals surface area (Å²) in [6.45, 7) is 3.37. The van der Waals surface area contributed by atoms with Gasteiger partial charge in [-0.3, -0.25) is 4.90 Å². The molecule has 1 aromatic heterocycles. The van der Waals surface area contributed by atoms with Gasteiger partial charge in [-0.25, -0.2) is 4.98 Å². The summed E-state index contributed by atoms with van der Waals surface area (Å²) < 4.78 is 0. The molecule has 2 aliphatic rings. The third-order valence-electron chi connectivity index (χ3n) is 5.41. The molecule has 0 unspecified atom stereocenters. The molecule has 25 heavy (non-hydrogen) atoms. The predicted molar refractivity (Wildman–Crippen MR) is 104 cm³/mol. The molecule has 2 fully saturated rings. The zero-order chi connectivity index (χ0) is 17.1. The van der Waals surface area contributed by atoms with Crippen molar-refractivity contribution in [3.05, 3.63) is 54.2 Å². The summed E-state index contributed by atoms with van der Waals surface area (Å²) in [5.74, 6) is 1.11. The average molecular weight is 336 g/mol. The lowest BCUT2D eigenvalue weighted by molar-refractivity contribution is 0.203. The van der Waals surface area contributed by atoms with Gasteiger partial charge in [0.25, 0.3) is 0 Å². The number of likely N-dealkylation sites (tertiary alicyclic amines) is 1. The monoisotopic (exact) mass is 336 g/mol. The van der Waals surface area contributed by atoms with Crippen LogP contribution in [0.1, 0.15) is 31.2 Å². The molecule has 4 heteroatoms. The highest BCUT2D eigenvalue weighted by molar-refractivity contribution is 5.66. The van der Waals surface area contributed by atoms with E-state index >= 15 is 0 Å². The molecule has 0 amide bonds. The van der Waals surface area contributed by atoms with Gasteiger partial charge < -0.3 is 10.2 Å². The number of piperidine rings is 1. The first-order valence-electron chi connectivity index (χ1n) is 9.50. The molecule has 0 radical (unpaired) electrons. The van der Waals surface area contributed by atoms with Gasteiger partial charge in [-0.15, -0.1) is 0 Å². The molecule has 132 valence electrons. The maximum atomic E-state index is 4.67. The first kappa shape index (κ1) is 16.4. The van der Waals surface area contributed by atoms with E-state index in [0.29, 0.717) is 12.1 Å². The van der Waals surface area contributed by atoms with Gasteiger partial charge >= 0.3 is 0 Å². The van der Waals surface area contributed by atoms with Crippen molar-refractivity contribution in [2.24, 2.45) is 0 Å². The van der Waals surface area contributed by atoms with Crippen LogP contribution < -0.4 is 10.2 Å². The first-order chi connectivity index (χ1) is 12.3. The van der Waals surface area contributed by atoms with Crippen molar-refractivity contribution < 1.29 is 0 Å². The zero-order valence-electron chi connectivity index (χ0n) is 15.1. The van der Waals surface area contributed by atoms with Gasteiger partial charge in [0.15, 0.2) is 5.82 Å². The molecular weight excluding hydrogens is 308 g/mol. The van der Waals surface area contributed by atoms with Crippen molar-refractivity contribution >= 4 is 11.5 Å². The Bertz CT molecular complexity index is 675. The van der Waals surface area contributed by atoms with Gasteiger partial charge in [-0.1, -0.05) is 30.3 Å². The molecule has 4 rings (SSSR count). The molecule has 1 aliphatic heterocycles. The van der Waals surface area contributed by atoms with E-state index in [-0.39, 0.29) is 0 Å². The Morgan fingerprint density at radius 1 is 1.04 bits per heavy atom. The first-order valence-corrected chi connectivity index (χ1v) is 9.50. The molecule has 0 atom stereocenters. The highest BCUT2D eigenvalue weighted by Crippen LogP contribution is 2.31.